The highest BCUT2D eigenvalue weighted by molar-refractivity contribution is 7.55. The molecule has 0 bridgehead atoms. The van der Waals surface area contributed by atoms with Gasteiger partial charge >= 0.3 is 7.60 Å². The summed E-state index contributed by atoms with van der Waals surface area (Å²) in [6.07, 6.45) is -0.186. The van der Waals surface area contributed by atoms with Crippen LogP contribution in [0.3, 0.4) is 0 Å². The molecule has 0 aliphatic heterocycles. The summed E-state index contributed by atoms with van der Waals surface area (Å²) in [7, 11) is -3.27. The fraction of sp³-hybridized carbons (Fsp3) is 0.545. The number of Topliss-reactive ketones (excluding diaryl/α,β-unsaturated/α-hetero) is 1. The highest BCUT2D eigenvalue weighted by Crippen LogP contribution is 2.48. The van der Waals surface area contributed by atoms with Crippen LogP contribution >= 0.6 is 18.9 Å². The average molecular weight is 276 g/mol. The van der Waals surface area contributed by atoms with Crippen molar-refractivity contribution in [1.82, 2.24) is 0 Å². The van der Waals surface area contributed by atoms with E-state index in [9.17, 15) is 9.36 Å². The maximum absolute atomic E-state index is 12.1. The molecule has 0 N–H and O–H groups in total. The summed E-state index contributed by atoms with van der Waals surface area (Å²) in [6.45, 7) is 5.92. The van der Waals surface area contributed by atoms with Gasteiger partial charge < -0.3 is 9.05 Å². The van der Waals surface area contributed by atoms with E-state index in [2.05, 4.69) is 0 Å². The second kappa shape index (κ2) is 6.45. The molecular weight excluding hydrogens is 259 g/mol. The van der Waals surface area contributed by atoms with Crippen molar-refractivity contribution in [3.63, 3.8) is 0 Å². The molecule has 1 aromatic rings. The molecule has 0 radical (unpaired) electrons. The minimum atomic E-state index is -3.27. The standard InChI is InChI=1S/C11H17O4PS/c1-4-14-16(13,15-5-2)8-10(12)11-7-6-9(3)17-11/h6-7H,4-5,8H2,1-3H3. The first-order valence-corrected chi connectivity index (χ1v) is 8.03. The Balaban J connectivity index is 2.74. The Kier molecular flexibility index (Phi) is 5.53. The molecule has 0 saturated heterocycles. The van der Waals surface area contributed by atoms with E-state index in [0.717, 1.165) is 4.88 Å². The van der Waals surface area contributed by atoms with E-state index in [0.29, 0.717) is 4.88 Å². The summed E-state index contributed by atoms with van der Waals surface area (Å²) in [4.78, 5) is 13.6. The molecule has 0 atom stereocenters. The number of thiophene rings is 1. The third-order valence-corrected chi connectivity index (χ3v) is 5.02. The monoisotopic (exact) mass is 276 g/mol. The summed E-state index contributed by atoms with van der Waals surface area (Å²) < 4.78 is 22.3. The predicted molar refractivity (Wildman–Crippen MR) is 69.1 cm³/mol. The van der Waals surface area contributed by atoms with E-state index in [-0.39, 0.29) is 25.2 Å². The molecule has 0 aliphatic carbocycles. The fourth-order valence-corrected chi connectivity index (χ4v) is 3.84. The molecule has 0 unspecified atom stereocenters. The molecule has 1 rings (SSSR count). The Bertz CT molecular complexity index is 417. The normalized spacial score (nSPS) is 11.7. The van der Waals surface area contributed by atoms with Crippen molar-refractivity contribution in [3.05, 3.63) is 21.9 Å². The number of hydrogen-bond donors (Lipinski definition) is 0. The molecule has 1 aromatic heterocycles. The minimum absolute atomic E-state index is 0.186. The number of carbonyl (C=O) groups is 1. The van der Waals surface area contributed by atoms with Crippen molar-refractivity contribution >= 4 is 24.7 Å². The van der Waals surface area contributed by atoms with Crippen LogP contribution in [0, 0.1) is 6.92 Å². The summed E-state index contributed by atoms with van der Waals surface area (Å²) >= 11 is 1.39. The summed E-state index contributed by atoms with van der Waals surface area (Å²) in [5.41, 5.74) is 0. The smallest absolute Gasteiger partial charge is 0.309 e. The van der Waals surface area contributed by atoms with Crippen molar-refractivity contribution in [2.75, 3.05) is 19.4 Å². The second-order valence-corrected chi connectivity index (χ2v) is 6.78. The lowest BCUT2D eigenvalue weighted by molar-refractivity contribution is 0.101. The zero-order valence-electron chi connectivity index (χ0n) is 10.3. The Labute approximate surface area is 105 Å². The molecule has 17 heavy (non-hydrogen) atoms. The van der Waals surface area contributed by atoms with E-state index >= 15 is 0 Å². The van der Waals surface area contributed by atoms with Gasteiger partial charge in [0.25, 0.3) is 0 Å². The quantitative estimate of drug-likeness (QED) is 0.565. The molecule has 4 nitrogen and oxygen atoms in total. The first kappa shape index (κ1) is 14.6. The largest absolute Gasteiger partial charge is 0.338 e. The van der Waals surface area contributed by atoms with Crippen LogP contribution in [0.4, 0.5) is 0 Å². The van der Waals surface area contributed by atoms with Gasteiger partial charge in [-0.25, -0.2) is 0 Å². The SMILES string of the molecule is CCOP(=O)(CC(=O)c1ccc(C)s1)OCC. The first-order valence-electron chi connectivity index (χ1n) is 5.48. The fourth-order valence-electron chi connectivity index (χ4n) is 1.36. The first-order chi connectivity index (χ1) is 8.00. The molecule has 0 saturated carbocycles. The van der Waals surface area contributed by atoms with Gasteiger partial charge in [0.05, 0.1) is 18.1 Å². The summed E-state index contributed by atoms with van der Waals surface area (Å²) in [5.74, 6) is -0.187. The highest BCUT2D eigenvalue weighted by atomic mass is 32.1. The van der Waals surface area contributed by atoms with Gasteiger partial charge in [0.15, 0.2) is 5.78 Å². The lowest BCUT2D eigenvalue weighted by atomic mass is 10.3. The van der Waals surface area contributed by atoms with Crippen LogP contribution in [0.5, 0.6) is 0 Å². The Morgan fingerprint density at radius 1 is 1.29 bits per heavy atom. The van der Waals surface area contributed by atoms with Gasteiger partial charge in [-0.15, -0.1) is 11.3 Å². The van der Waals surface area contributed by atoms with Crippen LogP contribution in [0.1, 0.15) is 28.4 Å². The Morgan fingerprint density at radius 3 is 2.29 bits per heavy atom. The molecule has 0 spiro atoms. The van der Waals surface area contributed by atoms with Crippen molar-refractivity contribution in [2.45, 2.75) is 20.8 Å². The van der Waals surface area contributed by atoms with Crippen molar-refractivity contribution in [2.24, 2.45) is 0 Å². The highest BCUT2D eigenvalue weighted by Gasteiger charge is 2.28. The molecule has 1 heterocycles. The molecule has 0 aromatic carbocycles. The van der Waals surface area contributed by atoms with Crippen LogP contribution in [0.2, 0.25) is 0 Å². The zero-order valence-corrected chi connectivity index (χ0v) is 12.0. The van der Waals surface area contributed by atoms with Gasteiger partial charge in [-0.3, -0.25) is 9.36 Å². The number of aryl methyl sites for hydroxylation is 1. The Morgan fingerprint density at radius 2 is 1.88 bits per heavy atom. The molecule has 0 fully saturated rings. The van der Waals surface area contributed by atoms with Crippen LogP contribution in [-0.4, -0.2) is 25.2 Å². The van der Waals surface area contributed by atoms with Crippen molar-refractivity contribution in [1.29, 1.82) is 0 Å². The topological polar surface area (TPSA) is 52.6 Å². The molecule has 6 heteroatoms. The van der Waals surface area contributed by atoms with Gasteiger partial charge in [-0.1, -0.05) is 0 Å². The van der Waals surface area contributed by atoms with Gasteiger partial charge in [-0.2, -0.15) is 0 Å². The van der Waals surface area contributed by atoms with E-state index in [1.807, 2.05) is 13.0 Å². The lowest BCUT2D eigenvalue weighted by Crippen LogP contribution is -2.09. The third-order valence-electron chi connectivity index (χ3n) is 2.00. The minimum Gasteiger partial charge on any atom is -0.309 e. The Hall–Kier alpha value is -0.480. The van der Waals surface area contributed by atoms with Crippen LogP contribution < -0.4 is 0 Å². The number of rotatable bonds is 7. The number of carbonyl (C=O) groups excluding carboxylic acids is 1. The van der Waals surface area contributed by atoms with Gasteiger partial charge in [0.2, 0.25) is 0 Å². The maximum atomic E-state index is 12.1. The van der Waals surface area contributed by atoms with E-state index in [1.54, 1.807) is 19.9 Å². The number of hydrogen-bond acceptors (Lipinski definition) is 5. The van der Waals surface area contributed by atoms with Gasteiger partial charge in [0, 0.05) is 4.88 Å². The summed E-state index contributed by atoms with van der Waals surface area (Å²) in [6, 6.07) is 3.61. The van der Waals surface area contributed by atoms with Gasteiger partial charge in [0.1, 0.15) is 6.16 Å². The molecule has 0 amide bonds. The molecule has 96 valence electrons. The zero-order chi connectivity index (χ0) is 12.9. The lowest BCUT2D eigenvalue weighted by Gasteiger charge is -2.15. The predicted octanol–water partition coefficient (Wildman–Crippen LogP) is 3.51. The molecular formula is C11H17O4PS. The average Bonchev–Trinajstić information content (AvgIpc) is 2.65. The van der Waals surface area contributed by atoms with E-state index in [4.69, 9.17) is 9.05 Å². The third kappa shape index (κ3) is 4.36. The van der Waals surface area contributed by atoms with E-state index < -0.39 is 7.60 Å². The molecule has 0 aliphatic rings. The van der Waals surface area contributed by atoms with E-state index in [1.165, 1.54) is 11.3 Å². The van der Waals surface area contributed by atoms with Crippen molar-refractivity contribution < 1.29 is 18.4 Å². The van der Waals surface area contributed by atoms with Crippen LogP contribution in [0.25, 0.3) is 0 Å². The number of ketones is 1. The summed E-state index contributed by atoms with van der Waals surface area (Å²) in [5, 5.41) is 0. The van der Waals surface area contributed by atoms with Crippen LogP contribution in [-0.2, 0) is 13.6 Å². The van der Waals surface area contributed by atoms with Gasteiger partial charge in [-0.05, 0) is 32.9 Å². The van der Waals surface area contributed by atoms with Crippen LogP contribution in [0.15, 0.2) is 12.1 Å². The second-order valence-electron chi connectivity index (χ2n) is 3.44. The van der Waals surface area contributed by atoms with Crippen molar-refractivity contribution in [3.8, 4) is 0 Å². The maximum Gasteiger partial charge on any atom is 0.338 e.